The van der Waals surface area contributed by atoms with Crippen molar-refractivity contribution in [3.8, 4) is 0 Å². The van der Waals surface area contributed by atoms with Gasteiger partial charge in [0.25, 0.3) is 5.91 Å². The lowest BCUT2D eigenvalue weighted by Gasteiger charge is -2.32. The van der Waals surface area contributed by atoms with E-state index < -0.39 is 6.17 Å². The van der Waals surface area contributed by atoms with Crippen molar-refractivity contribution in [3.05, 3.63) is 59.0 Å². The first-order chi connectivity index (χ1) is 10.8. The Morgan fingerprint density at radius 3 is 2.91 bits per heavy atom. The lowest BCUT2D eigenvalue weighted by atomic mass is 10.1. The van der Waals surface area contributed by atoms with Crippen LogP contribution in [0.15, 0.2) is 57.2 Å². The number of fused-ring (bicyclic) bond motifs is 2. The fourth-order valence-corrected chi connectivity index (χ4v) is 2.91. The number of hydrazone groups is 1. The molecule has 6 nitrogen and oxygen atoms in total. The zero-order valence-electron chi connectivity index (χ0n) is 11.7. The average molecular weight is 312 g/mol. The van der Waals surface area contributed by atoms with Crippen molar-refractivity contribution in [2.24, 2.45) is 10.1 Å². The number of thioether (sulfide) groups is 1. The standard InChI is InChI=1S/C15H12N4O2S/c1-22-15-17-14(20)12-9-5-2-3-6-10(9)16-13(19(12)18-15)11-7-4-8-21-11/h2-8,13H,1H3,(H,17,18,20)/t13-/m1/s1. The smallest absolute Gasteiger partial charge is 0.276 e. The minimum Gasteiger partial charge on any atom is -0.465 e. The van der Waals surface area contributed by atoms with E-state index in [0.717, 1.165) is 10.6 Å². The number of hydrogen-bond acceptors (Lipinski definition) is 6. The van der Waals surface area contributed by atoms with Gasteiger partial charge in [-0.05, 0) is 24.5 Å². The lowest BCUT2D eigenvalue weighted by molar-refractivity contribution is -0.116. The van der Waals surface area contributed by atoms with Gasteiger partial charge in [-0.1, -0.05) is 30.0 Å². The summed E-state index contributed by atoms with van der Waals surface area (Å²) in [6, 6.07) is 11.2. The Balaban J connectivity index is 2.01. The molecule has 0 unspecified atom stereocenters. The maximum absolute atomic E-state index is 12.5. The van der Waals surface area contributed by atoms with Crippen molar-refractivity contribution in [2.75, 3.05) is 6.26 Å². The summed E-state index contributed by atoms with van der Waals surface area (Å²) in [4.78, 5) is 17.2. The molecular formula is C15H12N4O2S. The molecule has 1 atom stereocenters. The Hall–Kier alpha value is -2.54. The van der Waals surface area contributed by atoms with Gasteiger partial charge >= 0.3 is 0 Å². The quantitative estimate of drug-likeness (QED) is 0.845. The van der Waals surface area contributed by atoms with Crippen LogP contribution >= 0.6 is 11.8 Å². The third-order valence-corrected chi connectivity index (χ3v) is 4.08. The summed E-state index contributed by atoms with van der Waals surface area (Å²) < 4.78 is 5.48. The number of amides is 1. The number of para-hydroxylation sites is 1. The van der Waals surface area contributed by atoms with E-state index in [1.807, 2.05) is 36.6 Å². The van der Waals surface area contributed by atoms with Crippen LogP contribution < -0.4 is 15.9 Å². The van der Waals surface area contributed by atoms with Gasteiger partial charge in [0, 0.05) is 5.22 Å². The highest BCUT2D eigenvalue weighted by Gasteiger charge is 2.35. The molecule has 1 amide bonds. The SMILES string of the molecule is CSC1=NN2C(=c3ccccc3=N[C@H]2c2ccco2)C(=O)N1. The molecular weight excluding hydrogens is 300 g/mol. The molecule has 0 bridgehead atoms. The molecule has 0 saturated carbocycles. The van der Waals surface area contributed by atoms with Gasteiger partial charge in [0.1, 0.15) is 11.5 Å². The molecule has 1 aromatic carbocycles. The van der Waals surface area contributed by atoms with Gasteiger partial charge in [0.05, 0.1) is 11.6 Å². The highest BCUT2D eigenvalue weighted by atomic mass is 32.2. The van der Waals surface area contributed by atoms with Gasteiger partial charge < -0.3 is 4.42 Å². The molecule has 1 N–H and O–H groups in total. The molecule has 2 aliphatic heterocycles. The zero-order valence-corrected chi connectivity index (χ0v) is 12.5. The maximum Gasteiger partial charge on any atom is 0.276 e. The van der Waals surface area contributed by atoms with Crippen molar-refractivity contribution in [1.29, 1.82) is 0 Å². The highest BCUT2D eigenvalue weighted by molar-refractivity contribution is 8.13. The van der Waals surface area contributed by atoms with E-state index in [4.69, 9.17) is 9.41 Å². The predicted molar refractivity (Wildman–Crippen MR) is 83.0 cm³/mol. The van der Waals surface area contributed by atoms with Gasteiger partial charge in [-0.3, -0.25) is 10.1 Å². The first-order valence-corrected chi connectivity index (χ1v) is 7.94. The number of furan rings is 1. The molecule has 2 aliphatic rings. The number of carbonyl (C=O) groups excluding carboxylic acids is 1. The Kier molecular flexibility index (Phi) is 3.00. The fourth-order valence-electron chi connectivity index (χ4n) is 2.54. The minimum atomic E-state index is -0.479. The summed E-state index contributed by atoms with van der Waals surface area (Å²) in [5.74, 6) is 0.462. The van der Waals surface area contributed by atoms with E-state index >= 15 is 0 Å². The largest absolute Gasteiger partial charge is 0.465 e. The van der Waals surface area contributed by atoms with Gasteiger partial charge in [-0.2, -0.15) is 0 Å². The van der Waals surface area contributed by atoms with Crippen LogP contribution in [0.3, 0.4) is 0 Å². The highest BCUT2D eigenvalue weighted by Crippen LogP contribution is 2.30. The van der Waals surface area contributed by atoms with E-state index in [1.165, 1.54) is 11.8 Å². The topological polar surface area (TPSA) is 70.2 Å². The van der Waals surface area contributed by atoms with E-state index in [9.17, 15) is 4.79 Å². The molecule has 0 aliphatic carbocycles. The molecule has 0 saturated heterocycles. The number of nitrogens with zero attached hydrogens (tertiary/aromatic N) is 3. The molecule has 7 heteroatoms. The monoisotopic (exact) mass is 312 g/mol. The Morgan fingerprint density at radius 1 is 1.27 bits per heavy atom. The van der Waals surface area contributed by atoms with Crippen molar-refractivity contribution in [3.63, 3.8) is 0 Å². The van der Waals surface area contributed by atoms with Crippen molar-refractivity contribution in [1.82, 2.24) is 10.3 Å². The number of nitrogens with one attached hydrogen (secondary N) is 1. The normalized spacial score (nSPS) is 19.8. The molecule has 22 heavy (non-hydrogen) atoms. The summed E-state index contributed by atoms with van der Waals surface area (Å²) in [6.07, 6.45) is 2.98. The molecule has 110 valence electrons. The minimum absolute atomic E-state index is 0.182. The van der Waals surface area contributed by atoms with Crippen molar-refractivity contribution < 1.29 is 9.21 Å². The Morgan fingerprint density at radius 2 is 2.14 bits per heavy atom. The predicted octanol–water partition coefficient (Wildman–Crippen LogP) is 0.786. The summed E-state index contributed by atoms with van der Waals surface area (Å²) in [5, 5.41) is 11.0. The Labute approximate surface area is 130 Å². The second-order valence-electron chi connectivity index (χ2n) is 4.79. The summed E-state index contributed by atoms with van der Waals surface area (Å²) in [7, 11) is 0. The molecule has 4 rings (SSSR count). The van der Waals surface area contributed by atoms with Crippen LogP contribution in [0.1, 0.15) is 11.9 Å². The number of carbonyl (C=O) groups is 1. The van der Waals surface area contributed by atoms with Crippen LogP contribution in [0.4, 0.5) is 0 Å². The van der Waals surface area contributed by atoms with Crippen LogP contribution in [0.25, 0.3) is 5.70 Å². The number of amidine groups is 1. The number of hydrogen-bond donors (Lipinski definition) is 1. The third kappa shape index (κ3) is 1.93. The van der Waals surface area contributed by atoms with E-state index in [-0.39, 0.29) is 5.91 Å². The van der Waals surface area contributed by atoms with Crippen molar-refractivity contribution >= 4 is 28.5 Å². The second-order valence-corrected chi connectivity index (χ2v) is 5.59. The van der Waals surface area contributed by atoms with Gasteiger partial charge in [0.2, 0.25) is 6.17 Å². The van der Waals surface area contributed by atoms with E-state index in [1.54, 1.807) is 17.3 Å². The molecule has 1 aromatic heterocycles. The van der Waals surface area contributed by atoms with Gasteiger partial charge in [-0.15, -0.1) is 5.10 Å². The van der Waals surface area contributed by atoms with Crippen LogP contribution in [0.2, 0.25) is 0 Å². The van der Waals surface area contributed by atoms with Crippen molar-refractivity contribution in [2.45, 2.75) is 6.17 Å². The van der Waals surface area contributed by atoms with E-state index in [0.29, 0.717) is 16.6 Å². The fraction of sp³-hybridized carbons (Fsp3) is 0.133. The van der Waals surface area contributed by atoms with Gasteiger partial charge in [0.15, 0.2) is 5.17 Å². The average Bonchev–Trinajstić information content (AvgIpc) is 3.07. The van der Waals surface area contributed by atoms with E-state index in [2.05, 4.69) is 10.4 Å². The molecule has 0 spiro atoms. The van der Waals surface area contributed by atoms with Gasteiger partial charge in [-0.25, -0.2) is 10.0 Å². The molecule has 0 fully saturated rings. The molecule has 3 heterocycles. The maximum atomic E-state index is 12.5. The molecule has 0 radical (unpaired) electrons. The summed E-state index contributed by atoms with van der Waals surface area (Å²) >= 11 is 1.38. The van der Waals surface area contributed by atoms with Crippen LogP contribution in [0.5, 0.6) is 0 Å². The first kappa shape index (κ1) is 13.1. The lowest BCUT2D eigenvalue weighted by Crippen LogP contribution is -2.50. The van der Waals surface area contributed by atoms with Crippen LogP contribution in [0, 0.1) is 0 Å². The number of benzene rings is 1. The Bertz CT molecular complexity index is 889. The summed E-state index contributed by atoms with van der Waals surface area (Å²) in [6.45, 7) is 0. The second kappa shape index (κ2) is 5.03. The molecule has 2 aromatic rings. The van der Waals surface area contributed by atoms with Crippen LogP contribution in [-0.4, -0.2) is 22.3 Å². The zero-order chi connectivity index (χ0) is 15.1. The first-order valence-electron chi connectivity index (χ1n) is 6.71. The number of rotatable bonds is 1. The summed E-state index contributed by atoms with van der Waals surface area (Å²) in [5.41, 5.74) is 0.491. The van der Waals surface area contributed by atoms with Crippen LogP contribution in [-0.2, 0) is 4.79 Å². The third-order valence-electron chi connectivity index (χ3n) is 3.51.